The molecule has 126 valence electrons. The average Bonchev–Trinajstić information content (AvgIpc) is 3.39. The zero-order valence-corrected chi connectivity index (χ0v) is 14.3. The predicted molar refractivity (Wildman–Crippen MR) is 97.1 cm³/mol. The number of aliphatic hydroxyl groups is 1. The van der Waals surface area contributed by atoms with Crippen LogP contribution >= 0.6 is 11.8 Å². The van der Waals surface area contributed by atoms with Crippen LogP contribution in [0.5, 0.6) is 0 Å². The fourth-order valence-corrected chi connectivity index (χ4v) is 3.81. The van der Waals surface area contributed by atoms with Gasteiger partial charge in [-0.1, -0.05) is 48.5 Å². The van der Waals surface area contributed by atoms with Crippen molar-refractivity contribution < 1.29 is 9.90 Å². The second kappa shape index (κ2) is 7.73. The monoisotopic (exact) mass is 342 g/mol. The van der Waals surface area contributed by atoms with Gasteiger partial charge in [-0.3, -0.25) is 0 Å². The molecule has 0 spiro atoms. The van der Waals surface area contributed by atoms with Crippen LogP contribution in [0, 0.1) is 0 Å². The molecule has 2 aromatic rings. The van der Waals surface area contributed by atoms with Gasteiger partial charge in [0.15, 0.2) is 0 Å². The summed E-state index contributed by atoms with van der Waals surface area (Å²) in [6.45, 7) is 0.507. The molecule has 0 aromatic heterocycles. The number of hydrogen-bond donors (Lipinski definition) is 3. The van der Waals surface area contributed by atoms with Crippen molar-refractivity contribution in [2.75, 3.05) is 13.2 Å². The molecule has 2 amide bonds. The highest BCUT2D eigenvalue weighted by Gasteiger charge is 2.43. The maximum absolute atomic E-state index is 12.2. The van der Waals surface area contributed by atoms with E-state index in [1.165, 1.54) is 4.90 Å². The molecule has 0 aliphatic heterocycles. The molecule has 3 N–H and O–H groups in total. The van der Waals surface area contributed by atoms with E-state index in [4.69, 9.17) is 0 Å². The normalized spacial score (nSPS) is 16.2. The quantitative estimate of drug-likeness (QED) is 0.723. The molecular formula is C19H22N2O2S. The maximum atomic E-state index is 12.2. The number of amides is 2. The first-order valence-corrected chi connectivity index (χ1v) is 8.97. The first-order chi connectivity index (χ1) is 11.7. The van der Waals surface area contributed by atoms with E-state index in [-0.39, 0.29) is 23.4 Å². The highest BCUT2D eigenvalue weighted by atomic mass is 32.2. The number of carbonyl (C=O) groups is 1. The zero-order valence-electron chi connectivity index (χ0n) is 13.4. The van der Waals surface area contributed by atoms with Crippen molar-refractivity contribution in [1.29, 1.82) is 0 Å². The Kier molecular flexibility index (Phi) is 5.43. The first kappa shape index (κ1) is 16.9. The Morgan fingerprint density at radius 1 is 1.08 bits per heavy atom. The smallest absolute Gasteiger partial charge is 0.315 e. The fraction of sp³-hybridized carbons (Fsp3) is 0.316. The van der Waals surface area contributed by atoms with Gasteiger partial charge in [0, 0.05) is 16.2 Å². The lowest BCUT2D eigenvalue weighted by atomic mass is 10.1. The van der Waals surface area contributed by atoms with Crippen molar-refractivity contribution in [1.82, 2.24) is 10.6 Å². The molecule has 3 rings (SSSR count). The van der Waals surface area contributed by atoms with Gasteiger partial charge in [-0.25, -0.2) is 4.79 Å². The number of aliphatic hydroxyl groups excluding tert-OH is 1. The van der Waals surface area contributed by atoms with Crippen LogP contribution in [0.2, 0.25) is 0 Å². The topological polar surface area (TPSA) is 61.4 Å². The summed E-state index contributed by atoms with van der Waals surface area (Å²) in [5.41, 5.74) is 0.898. The molecule has 1 atom stereocenters. The van der Waals surface area contributed by atoms with E-state index in [2.05, 4.69) is 22.8 Å². The van der Waals surface area contributed by atoms with E-state index >= 15 is 0 Å². The minimum Gasteiger partial charge on any atom is -0.394 e. The summed E-state index contributed by atoms with van der Waals surface area (Å²) in [7, 11) is 0. The maximum Gasteiger partial charge on any atom is 0.315 e. The Labute approximate surface area is 146 Å². The lowest BCUT2D eigenvalue weighted by molar-refractivity contribution is 0.217. The molecule has 4 nitrogen and oxygen atoms in total. The number of hydrogen-bond acceptors (Lipinski definition) is 3. The van der Waals surface area contributed by atoms with Gasteiger partial charge >= 0.3 is 6.03 Å². The summed E-state index contributed by atoms with van der Waals surface area (Å²) in [4.78, 5) is 13.4. The SMILES string of the molecule is O=C(NCC1(Sc2ccccc2)CC1)NC(CO)c1ccccc1. The lowest BCUT2D eigenvalue weighted by Crippen LogP contribution is -2.42. The van der Waals surface area contributed by atoms with Gasteiger partial charge in [-0.2, -0.15) is 0 Å². The van der Waals surface area contributed by atoms with Crippen LogP contribution in [-0.2, 0) is 0 Å². The molecule has 5 heteroatoms. The van der Waals surface area contributed by atoms with Crippen molar-refractivity contribution >= 4 is 17.8 Å². The highest BCUT2D eigenvalue weighted by Crippen LogP contribution is 2.51. The predicted octanol–water partition coefficient (Wildman–Crippen LogP) is 3.34. The van der Waals surface area contributed by atoms with Gasteiger partial charge in [0.2, 0.25) is 0 Å². The van der Waals surface area contributed by atoms with Crippen molar-refractivity contribution in [3.05, 3.63) is 66.2 Å². The van der Waals surface area contributed by atoms with Gasteiger partial charge in [-0.15, -0.1) is 11.8 Å². The number of benzene rings is 2. The summed E-state index contributed by atoms with van der Waals surface area (Å²) < 4.78 is 0.111. The second-order valence-corrected chi connectivity index (χ2v) is 7.61. The Hall–Kier alpha value is -1.98. The van der Waals surface area contributed by atoms with Crippen molar-refractivity contribution in [2.45, 2.75) is 28.5 Å². The van der Waals surface area contributed by atoms with Crippen LogP contribution in [0.4, 0.5) is 4.79 Å². The number of thioether (sulfide) groups is 1. The van der Waals surface area contributed by atoms with E-state index in [1.807, 2.05) is 60.3 Å². The molecule has 1 saturated carbocycles. The van der Waals surface area contributed by atoms with Crippen LogP contribution in [0.15, 0.2) is 65.6 Å². The number of rotatable bonds is 7. The second-order valence-electron chi connectivity index (χ2n) is 6.07. The van der Waals surface area contributed by atoms with Crippen LogP contribution in [0.3, 0.4) is 0 Å². The Morgan fingerprint density at radius 2 is 1.71 bits per heavy atom. The first-order valence-electron chi connectivity index (χ1n) is 8.15. The van der Waals surface area contributed by atoms with Crippen LogP contribution in [-0.4, -0.2) is 29.0 Å². The van der Waals surface area contributed by atoms with Crippen molar-refractivity contribution in [3.8, 4) is 0 Å². The summed E-state index contributed by atoms with van der Waals surface area (Å²) in [6, 6.07) is 19.1. The molecule has 24 heavy (non-hydrogen) atoms. The average molecular weight is 342 g/mol. The highest BCUT2D eigenvalue weighted by molar-refractivity contribution is 8.01. The fourth-order valence-electron chi connectivity index (χ4n) is 2.56. The van der Waals surface area contributed by atoms with E-state index in [1.54, 1.807) is 0 Å². The number of urea groups is 1. The summed E-state index contributed by atoms with van der Waals surface area (Å²) >= 11 is 1.83. The van der Waals surface area contributed by atoms with E-state index < -0.39 is 0 Å². The molecule has 1 unspecified atom stereocenters. The molecule has 1 aliphatic carbocycles. The van der Waals surface area contributed by atoms with Gasteiger partial charge in [0.1, 0.15) is 0 Å². The minimum atomic E-state index is -0.386. The largest absolute Gasteiger partial charge is 0.394 e. The van der Waals surface area contributed by atoms with Crippen molar-refractivity contribution in [2.24, 2.45) is 0 Å². The van der Waals surface area contributed by atoms with E-state index in [0.717, 1.165) is 18.4 Å². The van der Waals surface area contributed by atoms with Crippen LogP contribution in [0.25, 0.3) is 0 Å². The summed E-state index contributed by atoms with van der Waals surface area (Å²) in [6.07, 6.45) is 2.21. The van der Waals surface area contributed by atoms with E-state index in [0.29, 0.717) is 6.54 Å². The third-order valence-electron chi connectivity index (χ3n) is 4.15. The Balaban J connectivity index is 1.50. The Morgan fingerprint density at radius 3 is 2.29 bits per heavy atom. The van der Waals surface area contributed by atoms with Crippen molar-refractivity contribution in [3.63, 3.8) is 0 Å². The molecule has 1 aliphatic rings. The minimum absolute atomic E-state index is 0.111. The van der Waals surface area contributed by atoms with Crippen LogP contribution < -0.4 is 10.6 Å². The number of carbonyl (C=O) groups excluding carboxylic acids is 1. The molecule has 0 bridgehead atoms. The standard InChI is InChI=1S/C19H22N2O2S/c22-13-17(15-7-3-1-4-8-15)21-18(23)20-14-19(11-12-19)24-16-9-5-2-6-10-16/h1-10,17,22H,11-14H2,(H2,20,21,23). The zero-order chi connectivity index (χ0) is 16.8. The van der Waals surface area contributed by atoms with Crippen LogP contribution in [0.1, 0.15) is 24.4 Å². The molecule has 0 heterocycles. The Bertz CT molecular complexity index is 660. The third-order valence-corrected chi connectivity index (χ3v) is 5.64. The summed E-state index contributed by atoms with van der Waals surface area (Å²) in [5.74, 6) is 0. The molecule has 0 saturated heterocycles. The van der Waals surface area contributed by atoms with Gasteiger partial charge in [0.05, 0.1) is 12.6 Å². The molecular weight excluding hydrogens is 320 g/mol. The molecule has 1 fully saturated rings. The summed E-state index contributed by atoms with van der Waals surface area (Å²) in [5, 5.41) is 15.3. The van der Waals surface area contributed by atoms with Gasteiger partial charge in [0.25, 0.3) is 0 Å². The van der Waals surface area contributed by atoms with E-state index in [9.17, 15) is 9.90 Å². The molecule has 2 aromatic carbocycles. The molecule has 0 radical (unpaired) electrons. The lowest BCUT2D eigenvalue weighted by Gasteiger charge is -2.20. The third kappa shape index (κ3) is 4.52. The van der Waals surface area contributed by atoms with Gasteiger partial charge in [-0.05, 0) is 30.5 Å². The van der Waals surface area contributed by atoms with Gasteiger partial charge < -0.3 is 15.7 Å². The number of nitrogens with one attached hydrogen (secondary N) is 2.